The maximum Gasteiger partial charge on any atom is 0.187 e. The van der Waals surface area contributed by atoms with Crippen molar-refractivity contribution >= 4 is 0 Å². The van der Waals surface area contributed by atoms with Gasteiger partial charge < -0.3 is 120 Å². The lowest BCUT2D eigenvalue weighted by Gasteiger charge is -2.72. The molecule has 0 aromatic heterocycles. The summed E-state index contributed by atoms with van der Waals surface area (Å²) in [5, 5.41) is 172. The molecule has 7 fully saturated rings. The molecule has 9 rings (SSSR count). The molecule has 448 valence electrons. The second-order valence-electron chi connectivity index (χ2n) is 25.7. The molecule has 3 unspecified atom stereocenters. The van der Waals surface area contributed by atoms with Crippen molar-refractivity contribution in [3.63, 3.8) is 0 Å². The minimum atomic E-state index is -1.93. The van der Waals surface area contributed by atoms with Crippen molar-refractivity contribution in [2.75, 3.05) is 26.4 Å². The molecule has 1 spiro atoms. The molecule has 4 saturated heterocycles. The van der Waals surface area contributed by atoms with E-state index in [-0.39, 0.29) is 40.9 Å². The standard InChI is InChI=1S/C54H88O24/c1-21(23-12-13-54-15-22-14-25-24(53(7,45(22)54)30(58)16-52(23,54)6)9-11-31(50(25,2)3)76-47-42(68)38(64)34(60)27(18-56)73-47)8-10-32(51(4,5)70)77-49-44(78-48-43(69)39(65)35(61)28(19-57)74-48)40(66)36(62)29(75-49)20-71-46-41(67)37(63)33(59)26(17-55)72-46/h14-15,21,23-24,26-49,55-70H,8-13,16-20H2,1-7H3/t21-,23?,24?,26-,27-,28+,29-,30-,31+,32-,33-,34-,35+,36-,37+,38+,39-,40+,41-,42-,43+,44-,45?,46+,47+,48-,49+,52-,53-,54-/m1/s1. The van der Waals surface area contributed by atoms with E-state index in [0.29, 0.717) is 25.7 Å². The first-order valence-electron chi connectivity index (χ1n) is 27.9. The maximum atomic E-state index is 12.7. The Hall–Kier alpha value is -1.48. The van der Waals surface area contributed by atoms with Crippen molar-refractivity contribution in [3.05, 3.63) is 23.3 Å². The Labute approximate surface area is 453 Å². The number of rotatable bonds is 17. The van der Waals surface area contributed by atoms with E-state index in [1.165, 1.54) is 13.8 Å². The number of aliphatic hydroxyl groups excluding tert-OH is 15. The molecule has 4 heterocycles. The van der Waals surface area contributed by atoms with E-state index in [4.69, 9.17) is 37.9 Å². The van der Waals surface area contributed by atoms with Gasteiger partial charge in [0.2, 0.25) is 0 Å². The Morgan fingerprint density at radius 3 is 1.68 bits per heavy atom. The minimum Gasteiger partial charge on any atom is -0.394 e. The molecule has 4 aliphatic heterocycles. The van der Waals surface area contributed by atoms with Gasteiger partial charge in [-0.25, -0.2) is 0 Å². The first-order chi connectivity index (χ1) is 36.5. The summed E-state index contributed by atoms with van der Waals surface area (Å²) in [6.07, 6.45) is -26.1. The van der Waals surface area contributed by atoms with Crippen LogP contribution in [0.3, 0.4) is 0 Å². The number of hydrogen-bond acceptors (Lipinski definition) is 24. The summed E-state index contributed by atoms with van der Waals surface area (Å²) >= 11 is 0. The first-order valence-corrected chi connectivity index (χ1v) is 27.9. The zero-order chi connectivity index (χ0) is 57.1. The van der Waals surface area contributed by atoms with Crippen molar-refractivity contribution in [2.45, 2.75) is 240 Å². The molecule has 5 aliphatic carbocycles. The fraction of sp³-hybridized carbons (Fsp3) is 0.926. The summed E-state index contributed by atoms with van der Waals surface area (Å²) in [4.78, 5) is 0. The predicted molar refractivity (Wildman–Crippen MR) is 265 cm³/mol. The Morgan fingerprint density at radius 2 is 1.13 bits per heavy atom. The van der Waals surface area contributed by atoms with Crippen LogP contribution in [0.1, 0.15) is 93.4 Å². The van der Waals surface area contributed by atoms with Crippen LogP contribution in [0.5, 0.6) is 0 Å². The van der Waals surface area contributed by atoms with E-state index in [1.54, 1.807) is 0 Å². The van der Waals surface area contributed by atoms with E-state index in [1.807, 2.05) is 0 Å². The zero-order valence-electron chi connectivity index (χ0n) is 45.4. The molecule has 0 aromatic carbocycles. The Kier molecular flexibility index (Phi) is 17.6. The van der Waals surface area contributed by atoms with Crippen molar-refractivity contribution in [3.8, 4) is 0 Å². The smallest absolute Gasteiger partial charge is 0.187 e. The summed E-state index contributed by atoms with van der Waals surface area (Å²) < 4.78 is 47.7. The van der Waals surface area contributed by atoms with Gasteiger partial charge in [-0.05, 0) is 87.5 Å². The predicted octanol–water partition coefficient (Wildman–Crippen LogP) is -3.70. The van der Waals surface area contributed by atoms with Crippen LogP contribution in [-0.2, 0) is 37.9 Å². The second kappa shape index (κ2) is 22.5. The van der Waals surface area contributed by atoms with E-state index in [0.717, 1.165) is 24.0 Å². The lowest BCUT2D eigenvalue weighted by Crippen LogP contribution is -2.68. The number of allylic oxidation sites excluding steroid dienone is 3. The van der Waals surface area contributed by atoms with Crippen molar-refractivity contribution in [1.82, 2.24) is 0 Å². The fourth-order valence-electron chi connectivity index (χ4n) is 15.8. The van der Waals surface area contributed by atoms with Gasteiger partial charge in [0.1, 0.15) is 97.7 Å². The molecule has 16 N–H and O–H groups in total. The van der Waals surface area contributed by atoms with Gasteiger partial charge in [0.15, 0.2) is 25.2 Å². The largest absolute Gasteiger partial charge is 0.394 e. The molecular formula is C54H88O24. The van der Waals surface area contributed by atoms with Crippen LogP contribution >= 0.6 is 0 Å². The summed E-state index contributed by atoms with van der Waals surface area (Å²) in [6, 6.07) is 0. The molecule has 0 aromatic rings. The number of ether oxygens (including phenoxy) is 8. The highest BCUT2D eigenvalue weighted by Crippen LogP contribution is 2.80. The van der Waals surface area contributed by atoms with Crippen LogP contribution in [0.4, 0.5) is 0 Å². The van der Waals surface area contributed by atoms with Crippen molar-refractivity contribution in [2.24, 2.45) is 45.3 Å². The van der Waals surface area contributed by atoms with Gasteiger partial charge >= 0.3 is 0 Å². The fourth-order valence-corrected chi connectivity index (χ4v) is 15.8. The summed E-state index contributed by atoms with van der Waals surface area (Å²) in [5.41, 5.74) is -1.01. The molecule has 24 nitrogen and oxygen atoms in total. The van der Waals surface area contributed by atoms with Crippen LogP contribution in [-0.4, -0.2) is 255 Å². The number of hydrogen-bond donors (Lipinski definition) is 16. The topological polar surface area (TPSA) is 398 Å². The summed E-state index contributed by atoms with van der Waals surface area (Å²) in [5.74, 6) is 0.159. The van der Waals surface area contributed by atoms with Gasteiger partial charge in [0, 0.05) is 22.2 Å². The number of fused-ring (bicyclic) bond motifs is 2. The molecule has 9 aliphatic rings. The van der Waals surface area contributed by atoms with Crippen LogP contribution in [0.2, 0.25) is 0 Å². The lowest BCUT2D eigenvalue weighted by atomic mass is 9.33. The van der Waals surface area contributed by atoms with Gasteiger partial charge in [0.25, 0.3) is 0 Å². The Morgan fingerprint density at radius 1 is 0.615 bits per heavy atom. The third-order valence-corrected chi connectivity index (χ3v) is 20.6. The molecular weight excluding hydrogens is 1030 g/mol. The van der Waals surface area contributed by atoms with Gasteiger partial charge in [0.05, 0.1) is 50.3 Å². The third kappa shape index (κ3) is 10.0. The molecule has 30 atom stereocenters. The molecule has 0 amide bonds. The highest BCUT2D eigenvalue weighted by atomic mass is 16.8. The van der Waals surface area contributed by atoms with Gasteiger partial charge in [-0.1, -0.05) is 52.3 Å². The van der Waals surface area contributed by atoms with Crippen LogP contribution in [0.15, 0.2) is 23.3 Å². The summed E-state index contributed by atoms with van der Waals surface area (Å²) in [6.45, 7) is 11.1. The lowest BCUT2D eigenvalue weighted by molar-refractivity contribution is -0.380. The second-order valence-corrected chi connectivity index (χ2v) is 25.7. The summed E-state index contributed by atoms with van der Waals surface area (Å²) in [7, 11) is 0. The monoisotopic (exact) mass is 1120 g/mol. The third-order valence-electron chi connectivity index (χ3n) is 20.6. The van der Waals surface area contributed by atoms with Crippen LogP contribution in [0, 0.1) is 45.3 Å². The molecule has 0 radical (unpaired) electrons. The zero-order valence-corrected chi connectivity index (χ0v) is 45.4. The van der Waals surface area contributed by atoms with E-state index < -0.39 is 184 Å². The van der Waals surface area contributed by atoms with Gasteiger partial charge in [-0.15, -0.1) is 0 Å². The van der Waals surface area contributed by atoms with Crippen molar-refractivity contribution < 1.29 is 120 Å². The molecule has 24 heteroatoms. The van der Waals surface area contributed by atoms with Crippen molar-refractivity contribution in [1.29, 1.82) is 0 Å². The molecule has 78 heavy (non-hydrogen) atoms. The van der Waals surface area contributed by atoms with E-state index in [2.05, 4.69) is 46.8 Å². The highest BCUT2D eigenvalue weighted by Gasteiger charge is 2.75. The minimum absolute atomic E-state index is 0.000925. The van der Waals surface area contributed by atoms with E-state index in [9.17, 15) is 81.7 Å². The Bertz CT molecular complexity index is 2140. The highest BCUT2D eigenvalue weighted by molar-refractivity contribution is 5.52. The average Bonchev–Trinajstić information content (AvgIpc) is 1.58. The van der Waals surface area contributed by atoms with Crippen LogP contribution in [0.25, 0.3) is 0 Å². The quantitative estimate of drug-likeness (QED) is 0.0666. The Balaban J connectivity index is 0.924. The van der Waals surface area contributed by atoms with Gasteiger partial charge in [-0.2, -0.15) is 0 Å². The molecule has 3 saturated carbocycles. The number of aliphatic hydroxyl groups is 16. The van der Waals surface area contributed by atoms with Crippen LogP contribution < -0.4 is 0 Å². The maximum absolute atomic E-state index is 12.7. The van der Waals surface area contributed by atoms with Gasteiger partial charge in [-0.3, -0.25) is 0 Å². The van der Waals surface area contributed by atoms with E-state index >= 15 is 0 Å². The molecule has 0 bridgehead atoms. The SMILES string of the molecule is C[C@H](CC[C@@H](O[C@@H]1O[C@H](CO[C@H]2O[C@H](CO)[C@@H](O)[C@H](O)[C@H]2O)[C@@H](O)[C@H](O)[C@H]1O[C@H]1O[C@@H](CO)[C@H](O)[C@@H](O)[C@@H]1O)C(C)(C)O)C1CC[C@@]23C=C4C=C5C(CC[C@H](O[C@@H]6O[C@H](CO)[C@@H](O)[C@H](O)[C@H]6O)C5(C)C)[C@@](C)(C42)[C@H](O)C[C@]13C. The normalized spacial score (nSPS) is 51.8. The average molecular weight is 1120 g/mol. The first kappa shape index (κ1) is 61.1.